The van der Waals surface area contributed by atoms with Gasteiger partial charge in [-0.05, 0) is 43.2 Å². The summed E-state index contributed by atoms with van der Waals surface area (Å²) in [6.45, 7) is 2.50. The van der Waals surface area contributed by atoms with Gasteiger partial charge in [0.25, 0.3) is 5.91 Å². The van der Waals surface area contributed by atoms with Gasteiger partial charge in [-0.2, -0.15) is 0 Å². The molecule has 0 bridgehead atoms. The van der Waals surface area contributed by atoms with Crippen LogP contribution < -0.4 is 19.5 Å². The van der Waals surface area contributed by atoms with E-state index in [1.165, 1.54) is 0 Å². The maximum Gasteiger partial charge on any atom is 0.303 e. The zero-order chi connectivity index (χ0) is 19.9. The molecule has 0 saturated heterocycles. The maximum atomic E-state index is 12.5. The predicted octanol–water partition coefficient (Wildman–Crippen LogP) is 2.77. The van der Waals surface area contributed by atoms with Gasteiger partial charge in [-0.1, -0.05) is 24.3 Å². The fourth-order valence-electron chi connectivity index (χ4n) is 2.81. The molecule has 0 spiro atoms. The fraction of sp³-hybridized carbons (Fsp3) is 0.333. The highest BCUT2D eigenvalue weighted by atomic mass is 16.6. The van der Waals surface area contributed by atoms with Crippen LogP contribution in [-0.2, 0) is 16.1 Å². The van der Waals surface area contributed by atoms with Crippen molar-refractivity contribution in [1.82, 2.24) is 5.32 Å². The number of carboxylic acids is 1. The Hall–Kier alpha value is -3.22. The first-order chi connectivity index (χ1) is 13.5. The first-order valence-electron chi connectivity index (χ1n) is 9.16. The van der Waals surface area contributed by atoms with E-state index in [9.17, 15) is 9.59 Å². The second-order valence-electron chi connectivity index (χ2n) is 6.52. The van der Waals surface area contributed by atoms with Crippen LogP contribution >= 0.6 is 0 Å². The molecule has 0 saturated carbocycles. The zero-order valence-corrected chi connectivity index (χ0v) is 15.6. The number of hydrogen-bond donors (Lipinski definition) is 2. The molecule has 148 valence electrons. The Kier molecular flexibility index (Phi) is 6.37. The maximum absolute atomic E-state index is 12.5. The number of para-hydroxylation sites is 2. The minimum absolute atomic E-state index is 0.0833. The smallest absolute Gasteiger partial charge is 0.303 e. The second kappa shape index (κ2) is 9.12. The lowest BCUT2D eigenvalue weighted by atomic mass is 10.1. The predicted molar refractivity (Wildman–Crippen MR) is 102 cm³/mol. The van der Waals surface area contributed by atoms with Gasteiger partial charge in [0.2, 0.25) is 6.10 Å². The quantitative estimate of drug-likeness (QED) is 0.679. The number of carbonyl (C=O) groups is 2. The lowest BCUT2D eigenvalue weighted by Gasteiger charge is -2.31. The average Bonchev–Trinajstić information content (AvgIpc) is 2.69. The van der Waals surface area contributed by atoms with E-state index in [4.69, 9.17) is 19.3 Å². The van der Waals surface area contributed by atoms with Crippen LogP contribution in [0.4, 0.5) is 0 Å². The zero-order valence-electron chi connectivity index (χ0n) is 15.6. The molecule has 1 heterocycles. The van der Waals surface area contributed by atoms with E-state index in [1.54, 1.807) is 25.1 Å². The standard InChI is InChI=1S/C21H23NO6/c1-14-20(28-18-6-3-2-5-17(18)27-14)21(25)22-13-15-8-10-16(11-9-15)26-12-4-7-19(23)24/h2-3,5-6,8-11,14,20H,4,7,12-13H2,1H3,(H,22,25)(H,23,24). The van der Waals surface area contributed by atoms with Crippen LogP contribution in [0, 0.1) is 0 Å². The van der Waals surface area contributed by atoms with Crippen molar-refractivity contribution < 1.29 is 28.9 Å². The summed E-state index contributed by atoms with van der Waals surface area (Å²) in [5.41, 5.74) is 0.913. The summed E-state index contributed by atoms with van der Waals surface area (Å²) < 4.78 is 17.0. The molecule has 0 radical (unpaired) electrons. The Balaban J connectivity index is 1.47. The monoisotopic (exact) mass is 385 g/mol. The van der Waals surface area contributed by atoms with Crippen molar-refractivity contribution in [3.05, 3.63) is 54.1 Å². The van der Waals surface area contributed by atoms with Crippen molar-refractivity contribution in [1.29, 1.82) is 0 Å². The summed E-state index contributed by atoms with van der Waals surface area (Å²) in [4.78, 5) is 23.0. The third kappa shape index (κ3) is 5.16. The van der Waals surface area contributed by atoms with Gasteiger partial charge >= 0.3 is 5.97 Å². The number of benzene rings is 2. The molecule has 2 aromatic rings. The molecule has 0 fully saturated rings. The van der Waals surface area contributed by atoms with E-state index in [0.29, 0.717) is 36.8 Å². The van der Waals surface area contributed by atoms with Crippen molar-refractivity contribution in [3.8, 4) is 17.2 Å². The molecule has 2 atom stereocenters. The van der Waals surface area contributed by atoms with Crippen molar-refractivity contribution in [2.75, 3.05) is 6.61 Å². The van der Waals surface area contributed by atoms with Crippen LogP contribution in [0.15, 0.2) is 48.5 Å². The Bertz CT molecular complexity index is 820. The lowest BCUT2D eigenvalue weighted by molar-refractivity contribution is -0.137. The van der Waals surface area contributed by atoms with E-state index >= 15 is 0 Å². The van der Waals surface area contributed by atoms with Gasteiger partial charge in [-0.3, -0.25) is 9.59 Å². The van der Waals surface area contributed by atoms with E-state index in [2.05, 4.69) is 5.32 Å². The molecule has 1 aliphatic rings. The molecular formula is C21H23NO6. The molecule has 2 unspecified atom stereocenters. The van der Waals surface area contributed by atoms with Crippen LogP contribution in [0.3, 0.4) is 0 Å². The van der Waals surface area contributed by atoms with Crippen molar-refractivity contribution in [2.45, 2.75) is 38.5 Å². The van der Waals surface area contributed by atoms with Crippen LogP contribution in [0.2, 0.25) is 0 Å². The largest absolute Gasteiger partial charge is 0.494 e. The van der Waals surface area contributed by atoms with Gasteiger partial charge in [-0.25, -0.2) is 0 Å². The number of hydrogen-bond acceptors (Lipinski definition) is 5. The third-order valence-electron chi connectivity index (χ3n) is 4.29. The van der Waals surface area contributed by atoms with Crippen molar-refractivity contribution in [2.24, 2.45) is 0 Å². The molecule has 1 amide bonds. The number of carbonyl (C=O) groups excluding carboxylic acids is 1. The Morgan fingerprint density at radius 1 is 1.07 bits per heavy atom. The third-order valence-corrected chi connectivity index (χ3v) is 4.29. The Morgan fingerprint density at radius 2 is 1.75 bits per heavy atom. The normalized spacial score (nSPS) is 17.6. The van der Waals surface area contributed by atoms with Gasteiger partial charge in [0, 0.05) is 13.0 Å². The topological polar surface area (TPSA) is 94.1 Å². The van der Waals surface area contributed by atoms with Gasteiger partial charge < -0.3 is 24.6 Å². The molecule has 3 rings (SSSR count). The van der Waals surface area contributed by atoms with Crippen LogP contribution in [0.5, 0.6) is 17.2 Å². The molecule has 0 aromatic heterocycles. The molecule has 28 heavy (non-hydrogen) atoms. The number of carboxylic acid groups (broad SMARTS) is 1. The summed E-state index contributed by atoms with van der Waals surface area (Å²) in [7, 11) is 0. The number of ether oxygens (including phenoxy) is 3. The molecule has 0 aliphatic carbocycles. The second-order valence-corrected chi connectivity index (χ2v) is 6.52. The summed E-state index contributed by atoms with van der Waals surface area (Å²) >= 11 is 0. The summed E-state index contributed by atoms with van der Waals surface area (Å²) in [5, 5.41) is 11.5. The van der Waals surface area contributed by atoms with E-state index in [0.717, 1.165) is 5.56 Å². The van der Waals surface area contributed by atoms with Gasteiger partial charge in [0.15, 0.2) is 11.5 Å². The van der Waals surface area contributed by atoms with E-state index in [-0.39, 0.29) is 12.3 Å². The molecule has 7 heteroatoms. The molecular weight excluding hydrogens is 362 g/mol. The van der Waals surface area contributed by atoms with Crippen LogP contribution in [0.25, 0.3) is 0 Å². The number of fused-ring (bicyclic) bond motifs is 1. The first-order valence-corrected chi connectivity index (χ1v) is 9.16. The van der Waals surface area contributed by atoms with E-state index in [1.807, 2.05) is 30.3 Å². The number of amides is 1. The molecule has 1 aliphatic heterocycles. The van der Waals surface area contributed by atoms with Gasteiger partial charge in [0.05, 0.1) is 6.61 Å². The highest BCUT2D eigenvalue weighted by Crippen LogP contribution is 2.33. The van der Waals surface area contributed by atoms with Crippen LogP contribution in [0.1, 0.15) is 25.3 Å². The summed E-state index contributed by atoms with van der Waals surface area (Å²) in [6.07, 6.45) is -0.569. The summed E-state index contributed by atoms with van der Waals surface area (Å²) in [6, 6.07) is 14.6. The lowest BCUT2D eigenvalue weighted by Crippen LogP contribution is -2.48. The van der Waals surface area contributed by atoms with Gasteiger partial charge in [0.1, 0.15) is 11.9 Å². The minimum Gasteiger partial charge on any atom is -0.494 e. The SMILES string of the molecule is CC1Oc2ccccc2OC1C(=O)NCc1ccc(OCCCC(=O)O)cc1. The Morgan fingerprint density at radius 3 is 2.43 bits per heavy atom. The summed E-state index contributed by atoms with van der Waals surface area (Å²) in [5.74, 6) is 0.786. The molecule has 2 aromatic carbocycles. The number of aliphatic carboxylic acids is 1. The van der Waals surface area contributed by atoms with Gasteiger partial charge in [-0.15, -0.1) is 0 Å². The first kappa shape index (κ1) is 19.5. The molecule has 7 nitrogen and oxygen atoms in total. The Labute approximate surface area is 163 Å². The van der Waals surface area contributed by atoms with Crippen molar-refractivity contribution in [3.63, 3.8) is 0 Å². The van der Waals surface area contributed by atoms with Crippen LogP contribution in [-0.4, -0.2) is 35.8 Å². The fourth-order valence-corrected chi connectivity index (χ4v) is 2.81. The number of rotatable bonds is 8. The highest BCUT2D eigenvalue weighted by Gasteiger charge is 2.33. The average molecular weight is 385 g/mol. The van der Waals surface area contributed by atoms with Crippen molar-refractivity contribution >= 4 is 11.9 Å². The minimum atomic E-state index is -0.833. The molecule has 2 N–H and O–H groups in total. The number of nitrogens with one attached hydrogen (secondary N) is 1. The highest BCUT2D eigenvalue weighted by molar-refractivity contribution is 5.82. The van der Waals surface area contributed by atoms with E-state index < -0.39 is 18.2 Å².